The van der Waals surface area contributed by atoms with Crippen molar-refractivity contribution in [3.8, 4) is 0 Å². The predicted molar refractivity (Wildman–Crippen MR) is 50.5 cm³/mol. The molecule has 4 nitrogen and oxygen atoms in total. The molecule has 0 amide bonds. The molecule has 0 spiro atoms. The van der Waals surface area contributed by atoms with Gasteiger partial charge in [0.15, 0.2) is 0 Å². The molecular formula is C9H17NO3. The number of rotatable bonds is 8. The van der Waals surface area contributed by atoms with Gasteiger partial charge in [-0.3, -0.25) is 0 Å². The molecular weight excluding hydrogens is 170 g/mol. The molecule has 0 rings (SSSR count). The Balaban J connectivity index is 3.03. The molecule has 0 aromatic carbocycles. The summed E-state index contributed by atoms with van der Waals surface area (Å²) in [6, 6.07) is 0. The van der Waals surface area contributed by atoms with Crippen LogP contribution in [0, 0.1) is 0 Å². The molecule has 2 N–H and O–H groups in total. The Bertz CT molecular complexity index is 157. The zero-order chi connectivity index (χ0) is 9.94. The Morgan fingerprint density at radius 3 is 2.92 bits per heavy atom. The Morgan fingerprint density at radius 1 is 1.54 bits per heavy atom. The number of carbonyl (C=O) groups is 1. The van der Waals surface area contributed by atoms with E-state index in [2.05, 4.69) is 12.2 Å². The average molecular weight is 187 g/mol. The number of carboxylic acids is 1. The first-order valence-corrected chi connectivity index (χ1v) is 4.48. The minimum atomic E-state index is -0.935. The molecule has 13 heavy (non-hydrogen) atoms. The second-order valence-electron chi connectivity index (χ2n) is 2.59. The molecule has 0 saturated carbocycles. The molecule has 0 bridgehead atoms. The fourth-order valence-corrected chi connectivity index (χ4v) is 0.736. The number of nitrogens with one attached hydrogen (secondary N) is 1. The monoisotopic (exact) mass is 187 g/mol. The van der Waals surface area contributed by atoms with E-state index < -0.39 is 5.97 Å². The van der Waals surface area contributed by atoms with Gasteiger partial charge in [0.25, 0.3) is 0 Å². The molecule has 0 aromatic rings. The molecule has 0 fully saturated rings. The molecule has 76 valence electrons. The van der Waals surface area contributed by atoms with Gasteiger partial charge in [-0.1, -0.05) is 6.92 Å². The summed E-state index contributed by atoms with van der Waals surface area (Å²) < 4.78 is 5.23. The molecule has 0 radical (unpaired) electrons. The lowest BCUT2D eigenvalue weighted by Crippen LogP contribution is -2.10. The van der Waals surface area contributed by atoms with Gasteiger partial charge < -0.3 is 15.2 Å². The Morgan fingerprint density at radius 2 is 2.31 bits per heavy atom. The van der Waals surface area contributed by atoms with E-state index in [4.69, 9.17) is 9.84 Å². The molecule has 0 aliphatic carbocycles. The second-order valence-corrected chi connectivity index (χ2v) is 2.59. The van der Waals surface area contributed by atoms with Crippen molar-refractivity contribution in [2.24, 2.45) is 0 Å². The zero-order valence-electron chi connectivity index (χ0n) is 7.95. The molecule has 0 aliphatic heterocycles. The van der Waals surface area contributed by atoms with Crippen LogP contribution in [-0.4, -0.2) is 30.8 Å². The summed E-state index contributed by atoms with van der Waals surface area (Å²) in [5.41, 5.74) is 0. The van der Waals surface area contributed by atoms with Gasteiger partial charge in [0, 0.05) is 32.0 Å². The molecule has 0 atom stereocenters. The Hall–Kier alpha value is -1.03. The van der Waals surface area contributed by atoms with Crippen molar-refractivity contribution in [1.82, 2.24) is 5.32 Å². The highest BCUT2D eigenvalue weighted by Crippen LogP contribution is 1.83. The number of carboxylic acid groups (broad SMARTS) is 1. The minimum Gasteiger partial charge on any atom is -0.478 e. The maximum Gasteiger partial charge on any atom is 0.329 e. The highest BCUT2D eigenvalue weighted by Gasteiger charge is 1.87. The van der Waals surface area contributed by atoms with Crippen LogP contribution in [0.15, 0.2) is 12.3 Å². The van der Waals surface area contributed by atoms with E-state index in [1.54, 1.807) is 0 Å². The quantitative estimate of drug-likeness (QED) is 0.439. The third-order valence-electron chi connectivity index (χ3n) is 1.30. The second kappa shape index (κ2) is 9.06. The van der Waals surface area contributed by atoms with Gasteiger partial charge in [0.2, 0.25) is 0 Å². The van der Waals surface area contributed by atoms with E-state index in [0.29, 0.717) is 0 Å². The lowest BCUT2D eigenvalue weighted by Gasteiger charge is -2.01. The van der Waals surface area contributed by atoms with Crippen LogP contribution < -0.4 is 5.32 Å². The number of ether oxygens (including phenoxy) is 1. The lowest BCUT2D eigenvalue weighted by molar-refractivity contribution is -0.131. The minimum absolute atomic E-state index is 0.724. The Labute approximate surface area is 78.6 Å². The first-order valence-electron chi connectivity index (χ1n) is 4.48. The third kappa shape index (κ3) is 11.0. The average Bonchev–Trinajstić information content (AvgIpc) is 2.09. The third-order valence-corrected chi connectivity index (χ3v) is 1.30. The van der Waals surface area contributed by atoms with Crippen LogP contribution in [0.1, 0.15) is 19.8 Å². The van der Waals surface area contributed by atoms with E-state index in [-0.39, 0.29) is 0 Å². The van der Waals surface area contributed by atoms with Crippen molar-refractivity contribution >= 4 is 5.97 Å². The van der Waals surface area contributed by atoms with Gasteiger partial charge in [-0.25, -0.2) is 4.79 Å². The first-order chi connectivity index (χ1) is 6.27. The van der Waals surface area contributed by atoms with Crippen molar-refractivity contribution < 1.29 is 14.6 Å². The normalized spacial score (nSPS) is 10.5. The Kier molecular flexibility index (Phi) is 8.34. The standard InChI is InChI=1S/C9H17NO3/c1-2-7-13-8-3-5-10-6-4-9(11)12/h4,6,10H,2-3,5,7-8H2,1H3,(H,11,12)/b6-4+. The highest BCUT2D eigenvalue weighted by atomic mass is 16.5. The number of aliphatic carboxylic acids is 1. The number of hydrogen-bond donors (Lipinski definition) is 2. The fourth-order valence-electron chi connectivity index (χ4n) is 0.736. The molecule has 4 heteroatoms. The SMILES string of the molecule is CCCOCCCN/C=C/C(=O)O. The van der Waals surface area contributed by atoms with E-state index in [9.17, 15) is 4.79 Å². The summed E-state index contributed by atoms with van der Waals surface area (Å²) in [6.45, 7) is 4.33. The largest absolute Gasteiger partial charge is 0.478 e. The highest BCUT2D eigenvalue weighted by molar-refractivity contribution is 5.79. The van der Waals surface area contributed by atoms with Gasteiger partial charge in [-0.05, 0) is 12.8 Å². The van der Waals surface area contributed by atoms with Crippen molar-refractivity contribution in [2.75, 3.05) is 19.8 Å². The van der Waals surface area contributed by atoms with Crippen LogP contribution in [0.25, 0.3) is 0 Å². The van der Waals surface area contributed by atoms with Crippen molar-refractivity contribution in [2.45, 2.75) is 19.8 Å². The summed E-state index contributed by atoms with van der Waals surface area (Å²) in [4.78, 5) is 10.0. The van der Waals surface area contributed by atoms with Crippen LogP contribution in [-0.2, 0) is 9.53 Å². The van der Waals surface area contributed by atoms with Crippen LogP contribution in [0.2, 0.25) is 0 Å². The van der Waals surface area contributed by atoms with Gasteiger partial charge in [0.1, 0.15) is 0 Å². The van der Waals surface area contributed by atoms with Crippen molar-refractivity contribution in [3.63, 3.8) is 0 Å². The van der Waals surface area contributed by atoms with Crippen LogP contribution in [0.3, 0.4) is 0 Å². The summed E-state index contributed by atoms with van der Waals surface area (Å²) in [6.07, 6.45) is 4.44. The number of hydrogen-bond acceptors (Lipinski definition) is 3. The van der Waals surface area contributed by atoms with E-state index in [1.807, 2.05) is 0 Å². The lowest BCUT2D eigenvalue weighted by atomic mass is 10.4. The predicted octanol–water partition coefficient (Wildman–Crippen LogP) is 0.991. The van der Waals surface area contributed by atoms with E-state index in [0.717, 1.165) is 38.7 Å². The molecule has 0 unspecified atom stereocenters. The fraction of sp³-hybridized carbons (Fsp3) is 0.667. The van der Waals surface area contributed by atoms with Crippen LogP contribution in [0.5, 0.6) is 0 Å². The van der Waals surface area contributed by atoms with Crippen molar-refractivity contribution in [3.05, 3.63) is 12.3 Å². The molecule has 0 heterocycles. The van der Waals surface area contributed by atoms with E-state index >= 15 is 0 Å². The van der Waals surface area contributed by atoms with Crippen LogP contribution in [0.4, 0.5) is 0 Å². The summed E-state index contributed by atoms with van der Waals surface area (Å²) in [7, 11) is 0. The maximum absolute atomic E-state index is 10.0. The zero-order valence-corrected chi connectivity index (χ0v) is 7.95. The molecule has 0 aromatic heterocycles. The topological polar surface area (TPSA) is 58.6 Å². The summed E-state index contributed by atoms with van der Waals surface area (Å²) in [5, 5.41) is 11.1. The first kappa shape index (κ1) is 12.0. The molecule has 0 saturated heterocycles. The van der Waals surface area contributed by atoms with Gasteiger partial charge >= 0.3 is 5.97 Å². The molecule has 0 aliphatic rings. The van der Waals surface area contributed by atoms with Gasteiger partial charge in [-0.2, -0.15) is 0 Å². The van der Waals surface area contributed by atoms with E-state index in [1.165, 1.54) is 6.20 Å². The van der Waals surface area contributed by atoms with Gasteiger partial charge in [-0.15, -0.1) is 0 Å². The maximum atomic E-state index is 10.0. The van der Waals surface area contributed by atoms with Crippen LogP contribution >= 0.6 is 0 Å². The van der Waals surface area contributed by atoms with Gasteiger partial charge in [0.05, 0.1) is 0 Å². The van der Waals surface area contributed by atoms with Crippen molar-refractivity contribution in [1.29, 1.82) is 0 Å². The smallest absolute Gasteiger partial charge is 0.329 e. The summed E-state index contributed by atoms with van der Waals surface area (Å²) >= 11 is 0. The summed E-state index contributed by atoms with van der Waals surface area (Å²) in [5.74, 6) is -0.935.